The molecule has 0 radical (unpaired) electrons. The first-order valence-electron chi connectivity index (χ1n) is 16.6. The van der Waals surface area contributed by atoms with Crippen LogP contribution >= 0.6 is 46.4 Å². The Bertz CT molecular complexity index is 2370. The minimum atomic E-state index is 0.660. The van der Waals surface area contributed by atoms with Gasteiger partial charge in [0.1, 0.15) is 0 Å². The van der Waals surface area contributed by atoms with Crippen LogP contribution in [0.5, 0.6) is 0 Å². The Morgan fingerprint density at radius 2 is 0.731 bits per heavy atom. The maximum Gasteiger partial charge on any atom is 0.0737 e. The summed E-state index contributed by atoms with van der Waals surface area (Å²) in [5.41, 5.74) is 14.7. The summed E-state index contributed by atoms with van der Waals surface area (Å²) in [4.78, 5) is 17.9. The molecule has 4 aromatic carbocycles. The highest BCUT2D eigenvalue weighted by Gasteiger charge is 2.19. The highest BCUT2D eigenvalue weighted by molar-refractivity contribution is 6.31. The summed E-state index contributed by atoms with van der Waals surface area (Å²) in [6.45, 7) is 0. The molecule has 0 aliphatic carbocycles. The number of fused-ring (bicyclic) bond motifs is 8. The summed E-state index contributed by atoms with van der Waals surface area (Å²) in [5, 5.41) is 2.65. The molecule has 52 heavy (non-hydrogen) atoms. The van der Waals surface area contributed by atoms with Crippen LogP contribution in [0.4, 0.5) is 5.69 Å². The van der Waals surface area contributed by atoms with Gasteiger partial charge in [0.25, 0.3) is 0 Å². The Hall–Kier alpha value is -5.36. The number of nitrogens with zero attached hydrogens (tertiary/aromatic N) is 2. The minimum absolute atomic E-state index is 0.660. The first-order valence-corrected chi connectivity index (χ1v) is 18.1. The predicted molar refractivity (Wildman–Crippen MR) is 221 cm³/mol. The Morgan fingerprint density at radius 1 is 0.385 bits per heavy atom. The van der Waals surface area contributed by atoms with Crippen molar-refractivity contribution < 1.29 is 0 Å². The van der Waals surface area contributed by atoms with E-state index in [-0.39, 0.29) is 0 Å². The molecule has 2 aliphatic heterocycles. The molecule has 0 unspecified atom stereocenters. The normalized spacial score (nSPS) is 12.1. The van der Waals surface area contributed by atoms with Crippen LogP contribution in [0.1, 0.15) is 17.0 Å². The molecule has 8 heteroatoms. The third-order valence-corrected chi connectivity index (χ3v) is 10.3. The summed E-state index contributed by atoms with van der Waals surface area (Å²) < 4.78 is 0. The molecule has 0 saturated heterocycles. The summed E-state index contributed by atoms with van der Waals surface area (Å²) in [6, 6.07) is 42.0. The van der Waals surface area contributed by atoms with E-state index in [1.54, 1.807) is 0 Å². The monoisotopic (exact) mass is 750 g/mol. The molecule has 8 bridgehead atoms. The number of aliphatic imine (C=N–C) groups is 1. The number of hydrogen-bond acceptors (Lipinski definition) is 2. The van der Waals surface area contributed by atoms with Gasteiger partial charge >= 0.3 is 0 Å². The molecule has 7 aromatic rings. The van der Waals surface area contributed by atoms with Crippen LogP contribution in [0, 0.1) is 0 Å². The number of H-pyrrole nitrogens is 2. The van der Waals surface area contributed by atoms with Gasteiger partial charge in [-0.05, 0) is 113 Å². The third-order valence-electron chi connectivity index (χ3n) is 9.31. The standard InChI is InChI=1S/C44H26Cl4N4/c45-30-9-1-25(2-10-30)41-29-23-40(49-24-29)44(28-7-15-33(48)16-8-28)39-22-21-38(52-39)43(27-5-13-32(47)14-6-27)37-20-19-36(51-37)42(35-18-17-34(41)50-35)26-3-11-31(46)12-4-26/h1-24,50,52H. The number of hydrogen-bond donors (Lipinski definition) is 2. The van der Waals surface area contributed by atoms with Gasteiger partial charge in [-0.2, -0.15) is 0 Å². The fourth-order valence-electron chi connectivity index (χ4n) is 6.92. The van der Waals surface area contributed by atoms with Gasteiger partial charge in [0.2, 0.25) is 0 Å². The molecule has 5 heterocycles. The summed E-state index contributed by atoms with van der Waals surface area (Å²) >= 11 is 25.5. The third kappa shape index (κ3) is 6.04. The second-order valence-corrected chi connectivity index (χ2v) is 14.3. The van der Waals surface area contributed by atoms with Crippen LogP contribution in [-0.4, -0.2) is 21.2 Å². The molecule has 2 aliphatic rings. The lowest BCUT2D eigenvalue weighted by Crippen LogP contribution is -1.88. The average Bonchev–Trinajstić information content (AvgIpc) is 3.99. The number of benzene rings is 4. The van der Waals surface area contributed by atoms with Crippen LogP contribution in [-0.2, 0) is 0 Å². The van der Waals surface area contributed by atoms with Crippen LogP contribution in [0.3, 0.4) is 0 Å². The van der Waals surface area contributed by atoms with Gasteiger partial charge in [-0.1, -0.05) is 94.9 Å². The van der Waals surface area contributed by atoms with Gasteiger partial charge < -0.3 is 9.97 Å². The molecular weight excluding hydrogens is 726 g/mol. The molecule has 250 valence electrons. The number of halogens is 4. The van der Waals surface area contributed by atoms with Gasteiger partial charge in [0.05, 0.1) is 17.1 Å². The largest absolute Gasteiger partial charge is 0.354 e. The van der Waals surface area contributed by atoms with E-state index in [1.807, 2.05) is 103 Å². The van der Waals surface area contributed by atoms with E-state index in [0.717, 1.165) is 89.2 Å². The lowest BCUT2D eigenvalue weighted by atomic mass is 10.0. The lowest BCUT2D eigenvalue weighted by Gasteiger charge is -2.07. The quantitative estimate of drug-likeness (QED) is 0.185. The van der Waals surface area contributed by atoms with Crippen molar-refractivity contribution in [2.24, 2.45) is 4.99 Å². The van der Waals surface area contributed by atoms with E-state index < -0.39 is 0 Å². The molecule has 0 amide bonds. The van der Waals surface area contributed by atoms with Crippen molar-refractivity contribution in [1.29, 1.82) is 0 Å². The van der Waals surface area contributed by atoms with Crippen molar-refractivity contribution in [3.63, 3.8) is 0 Å². The van der Waals surface area contributed by atoms with E-state index >= 15 is 0 Å². The maximum atomic E-state index is 6.37. The molecule has 0 saturated carbocycles. The summed E-state index contributed by atoms with van der Waals surface area (Å²) in [7, 11) is 0. The zero-order valence-electron chi connectivity index (χ0n) is 27.3. The molecule has 0 spiro atoms. The minimum Gasteiger partial charge on any atom is -0.354 e. The van der Waals surface area contributed by atoms with Gasteiger partial charge in [-0.25, -0.2) is 4.98 Å². The van der Waals surface area contributed by atoms with Crippen LogP contribution in [0.15, 0.2) is 132 Å². The van der Waals surface area contributed by atoms with Crippen molar-refractivity contribution in [2.45, 2.75) is 0 Å². The van der Waals surface area contributed by atoms with E-state index in [2.05, 4.69) is 52.5 Å². The zero-order chi connectivity index (χ0) is 35.3. The van der Waals surface area contributed by atoms with Gasteiger partial charge in [-0.3, -0.25) is 4.99 Å². The summed E-state index contributed by atoms with van der Waals surface area (Å²) in [6.07, 6.45) is 6.06. The topological polar surface area (TPSA) is 56.8 Å². The Morgan fingerprint density at radius 3 is 1.15 bits per heavy atom. The molecule has 0 atom stereocenters. The van der Waals surface area contributed by atoms with Crippen molar-refractivity contribution >= 4 is 92.5 Å². The molecule has 9 rings (SSSR count). The van der Waals surface area contributed by atoms with Gasteiger partial charge in [-0.15, -0.1) is 0 Å². The summed E-state index contributed by atoms with van der Waals surface area (Å²) in [5.74, 6) is 0. The lowest BCUT2D eigenvalue weighted by molar-refractivity contribution is 1.32. The molecule has 2 N–H and O–H groups in total. The van der Waals surface area contributed by atoms with Crippen molar-refractivity contribution in [2.75, 3.05) is 0 Å². The van der Waals surface area contributed by atoms with E-state index in [1.165, 1.54) is 0 Å². The molecule has 4 nitrogen and oxygen atoms in total. The Labute approximate surface area is 319 Å². The fourth-order valence-corrected chi connectivity index (χ4v) is 7.42. The second kappa shape index (κ2) is 13.3. The van der Waals surface area contributed by atoms with Crippen molar-refractivity contribution in [1.82, 2.24) is 15.0 Å². The highest BCUT2D eigenvalue weighted by atomic mass is 35.5. The van der Waals surface area contributed by atoms with E-state index in [4.69, 9.17) is 56.4 Å². The highest BCUT2D eigenvalue weighted by Crippen LogP contribution is 2.41. The number of aromatic nitrogens is 3. The average molecular weight is 753 g/mol. The van der Waals surface area contributed by atoms with Crippen LogP contribution in [0.2, 0.25) is 20.1 Å². The number of aromatic amines is 2. The second-order valence-electron chi connectivity index (χ2n) is 12.6. The zero-order valence-corrected chi connectivity index (χ0v) is 30.3. The molecular formula is C44H26Cl4N4. The first kappa shape index (κ1) is 32.5. The maximum absolute atomic E-state index is 6.37. The predicted octanol–water partition coefficient (Wildman–Crippen LogP) is 14.1. The van der Waals surface area contributed by atoms with Crippen molar-refractivity contribution in [3.8, 4) is 44.5 Å². The first-order chi connectivity index (χ1) is 25.4. The van der Waals surface area contributed by atoms with Crippen LogP contribution < -0.4 is 0 Å². The smallest absolute Gasteiger partial charge is 0.0737 e. The Kier molecular flexibility index (Phi) is 8.33. The Balaban J connectivity index is 1.47. The van der Waals surface area contributed by atoms with Crippen LogP contribution in [0.25, 0.3) is 78.7 Å². The van der Waals surface area contributed by atoms with Gasteiger partial charge in [0.15, 0.2) is 0 Å². The fraction of sp³-hybridized carbons (Fsp3) is 0. The molecule has 0 fully saturated rings. The van der Waals surface area contributed by atoms with Crippen molar-refractivity contribution in [3.05, 3.63) is 164 Å². The number of rotatable bonds is 4. The van der Waals surface area contributed by atoms with E-state index in [0.29, 0.717) is 20.1 Å². The number of nitrogens with one attached hydrogen (secondary N) is 2. The SMILES string of the molecule is Clc1ccc(-c2c3cc(c(-c4ccc(Cl)cc4)c4ccc([nH]4)c(-c4ccc(Cl)cc4)c4nc(c(-c5ccc(Cl)cc5)c5ccc2[nH]5)C=C4)N=C3)cc1. The van der Waals surface area contributed by atoms with E-state index in [9.17, 15) is 0 Å². The van der Waals surface area contributed by atoms with Gasteiger partial charge in [0, 0.05) is 76.2 Å². The molecule has 3 aromatic heterocycles.